The van der Waals surface area contributed by atoms with Crippen LogP contribution in [0.15, 0.2) is 42.5 Å². The molecule has 1 N–H and O–H groups in total. The SMILES string of the molecule is Cc1cc(C)cc(CC(O)C2CCCc3ccccc32)c1. The average Bonchev–Trinajstić information content (AvgIpc) is 2.45. The molecule has 2 atom stereocenters. The summed E-state index contributed by atoms with van der Waals surface area (Å²) in [4.78, 5) is 0. The van der Waals surface area contributed by atoms with Crippen molar-refractivity contribution >= 4 is 0 Å². The summed E-state index contributed by atoms with van der Waals surface area (Å²) < 4.78 is 0. The maximum Gasteiger partial charge on any atom is 0.0649 e. The zero-order valence-electron chi connectivity index (χ0n) is 13.0. The molecule has 0 heterocycles. The van der Waals surface area contributed by atoms with Gasteiger partial charge in [0.15, 0.2) is 0 Å². The quantitative estimate of drug-likeness (QED) is 0.887. The molecule has 0 bridgehead atoms. The van der Waals surface area contributed by atoms with Crippen LogP contribution in [-0.2, 0) is 12.8 Å². The summed E-state index contributed by atoms with van der Waals surface area (Å²) in [5, 5.41) is 10.8. The van der Waals surface area contributed by atoms with Gasteiger partial charge in [0.05, 0.1) is 6.10 Å². The minimum Gasteiger partial charge on any atom is -0.392 e. The van der Waals surface area contributed by atoms with Crippen LogP contribution in [0.3, 0.4) is 0 Å². The zero-order chi connectivity index (χ0) is 14.8. The van der Waals surface area contributed by atoms with Gasteiger partial charge in [-0.05, 0) is 56.2 Å². The molecular weight excluding hydrogens is 256 g/mol. The number of hydrogen-bond acceptors (Lipinski definition) is 1. The molecule has 1 heteroatoms. The fraction of sp³-hybridized carbons (Fsp3) is 0.400. The minimum atomic E-state index is -0.285. The van der Waals surface area contributed by atoms with Crippen LogP contribution in [0.2, 0.25) is 0 Å². The second-order valence-electron chi connectivity index (χ2n) is 6.46. The number of aliphatic hydroxyl groups is 1. The van der Waals surface area contributed by atoms with E-state index >= 15 is 0 Å². The highest BCUT2D eigenvalue weighted by molar-refractivity contribution is 5.34. The van der Waals surface area contributed by atoms with Gasteiger partial charge in [0.1, 0.15) is 0 Å². The van der Waals surface area contributed by atoms with Crippen molar-refractivity contribution in [1.82, 2.24) is 0 Å². The van der Waals surface area contributed by atoms with Crippen LogP contribution in [0.1, 0.15) is 46.6 Å². The van der Waals surface area contributed by atoms with E-state index in [1.807, 2.05) is 0 Å². The number of aliphatic hydroxyl groups excluding tert-OH is 1. The molecule has 110 valence electrons. The van der Waals surface area contributed by atoms with E-state index in [0.717, 1.165) is 19.3 Å². The first kappa shape index (κ1) is 14.3. The molecule has 21 heavy (non-hydrogen) atoms. The molecular formula is C20H24O. The zero-order valence-corrected chi connectivity index (χ0v) is 13.0. The Hall–Kier alpha value is -1.60. The van der Waals surface area contributed by atoms with Gasteiger partial charge in [-0.3, -0.25) is 0 Å². The lowest BCUT2D eigenvalue weighted by atomic mass is 9.78. The number of benzene rings is 2. The lowest BCUT2D eigenvalue weighted by molar-refractivity contribution is 0.134. The van der Waals surface area contributed by atoms with Crippen molar-refractivity contribution in [2.45, 2.75) is 51.6 Å². The van der Waals surface area contributed by atoms with Crippen LogP contribution in [0.25, 0.3) is 0 Å². The van der Waals surface area contributed by atoms with E-state index in [9.17, 15) is 5.11 Å². The first-order valence-corrected chi connectivity index (χ1v) is 7.96. The summed E-state index contributed by atoms with van der Waals surface area (Å²) in [5.74, 6) is 0.288. The maximum atomic E-state index is 10.8. The van der Waals surface area contributed by atoms with E-state index in [4.69, 9.17) is 0 Å². The monoisotopic (exact) mass is 280 g/mol. The third-order valence-electron chi connectivity index (χ3n) is 4.61. The first-order valence-electron chi connectivity index (χ1n) is 7.96. The van der Waals surface area contributed by atoms with Crippen LogP contribution >= 0.6 is 0 Å². The average molecular weight is 280 g/mol. The van der Waals surface area contributed by atoms with Gasteiger partial charge >= 0.3 is 0 Å². The highest BCUT2D eigenvalue weighted by Gasteiger charge is 2.26. The molecule has 0 amide bonds. The molecule has 0 saturated heterocycles. The van der Waals surface area contributed by atoms with Gasteiger partial charge in [-0.2, -0.15) is 0 Å². The van der Waals surface area contributed by atoms with E-state index in [1.54, 1.807) is 0 Å². The van der Waals surface area contributed by atoms with Crippen molar-refractivity contribution in [3.63, 3.8) is 0 Å². The second kappa shape index (κ2) is 6.03. The van der Waals surface area contributed by atoms with Crippen LogP contribution in [-0.4, -0.2) is 11.2 Å². The van der Waals surface area contributed by atoms with Gasteiger partial charge in [-0.25, -0.2) is 0 Å². The van der Waals surface area contributed by atoms with Crippen LogP contribution in [0.5, 0.6) is 0 Å². The Morgan fingerprint density at radius 2 is 1.81 bits per heavy atom. The molecule has 3 rings (SSSR count). The van der Waals surface area contributed by atoms with Gasteiger partial charge in [0.2, 0.25) is 0 Å². The van der Waals surface area contributed by atoms with E-state index in [2.05, 4.69) is 56.3 Å². The van der Waals surface area contributed by atoms with Crippen LogP contribution in [0, 0.1) is 13.8 Å². The van der Waals surface area contributed by atoms with Crippen LogP contribution < -0.4 is 0 Å². The van der Waals surface area contributed by atoms with Gasteiger partial charge in [0.25, 0.3) is 0 Å². The predicted molar refractivity (Wildman–Crippen MR) is 87.7 cm³/mol. The minimum absolute atomic E-state index is 0.285. The van der Waals surface area contributed by atoms with Gasteiger partial charge in [-0.15, -0.1) is 0 Å². The Balaban J connectivity index is 1.81. The molecule has 2 unspecified atom stereocenters. The molecule has 0 fully saturated rings. The molecule has 0 aliphatic heterocycles. The number of hydrogen-bond donors (Lipinski definition) is 1. The van der Waals surface area contributed by atoms with E-state index < -0.39 is 0 Å². The Labute approximate surface area is 127 Å². The molecule has 2 aromatic carbocycles. The Bertz CT molecular complexity index is 609. The first-order chi connectivity index (χ1) is 10.1. The molecule has 2 aromatic rings. The Morgan fingerprint density at radius 3 is 2.57 bits per heavy atom. The largest absolute Gasteiger partial charge is 0.392 e. The fourth-order valence-electron chi connectivity index (χ4n) is 3.76. The summed E-state index contributed by atoms with van der Waals surface area (Å²) in [6.07, 6.45) is 3.91. The lowest BCUT2D eigenvalue weighted by Gasteiger charge is -2.29. The highest BCUT2D eigenvalue weighted by Crippen LogP contribution is 2.35. The lowest BCUT2D eigenvalue weighted by Crippen LogP contribution is -2.25. The van der Waals surface area contributed by atoms with Gasteiger partial charge in [0, 0.05) is 5.92 Å². The summed E-state index contributed by atoms with van der Waals surface area (Å²) in [5.41, 5.74) is 6.60. The topological polar surface area (TPSA) is 20.2 Å². The Kier molecular flexibility index (Phi) is 4.12. The van der Waals surface area contributed by atoms with E-state index in [1.165, 1.54) is 34.2 Å². The molecule has 1 nitrogen and oxygen atoms in total. The molecule has 0 spiro atoms. The standard InChI is InChI=1S/C20H24O/c1-14-10-15(2)12-16(11-14)13-20(21)19-9-5-7-17-6-3-4-8-18(17)19/h3-4,6,8,10-12,19-21H,5,7,9,13H2,1-2H3. The third-order valence-corrected chi connectivity index (χ3v) is 4.61. The van der Waals surface area contributed by atoms with Crippen molar-refractivity contribution in [3.8, 4) is 0 Å². The fourth-order valence-corrected chi connectivity index (χ4v) is 3.76. The Morgan fingerprint density at radius 1 is 1.10 bits per heavy atom. The second-order valence-corrected chi connectivity index (χ2v) is 6.46. The number of rotatable bonds is 3. The normalized spacial score (nSPS) is 19.1. The van der Waals surface area contributed by atoms with Gasteiger partial charge in [-0.1, -0.05) is 53.6 Å². The third kappa shape index (κ3) is 3.19. The molecule has 1 aliphatic carbocycles. The van der Waals surface area contributed by atoms with Crippen molar-refractivity contribution in [2.24, 2.45) is 0 Å². The van der Waals surface area contributed by atoms with Crippen molar-refractivity contribution in [1.29, 1.82) is 0 Å². The van der Waals surface area contributed by atoms with Crippen molar-refractivity contribution in [3.05, 3.63) is 70.3 Å². The molecule has 0 saturated carbocycles. The number of fused-ring (bicyclic) bond motifs is 1. The van der Waals surface area contributed by atoms with Crippen molar-refractivity contribution < 1.29 is 5.11 Å². The summed E-state index contributed by atoms with van der Waals surface area (Å²) in [6, 6.07) is 15.2. The van der Waals surface area contributed by atoms with Crippen molar-refractivity contribution in [2.75, 3.05) is 0 Å². The van der Waals surface area contributed by atoms with E-state index in [0.29, 0.717) is 0 Å². The maximum absolute atomic E-state index is 10.8. The van der Waals surface area contributed by atoms with E-state index in [-0.39, 0.29) is 12.0 Å². The smallest absolute Gasteiger partial charge is 0.0649 e. The summed E-state index contributed by atoms with van der Waals surface area (Å²) >= 11 is 0. The van der Waals surface area contributed by atoms with Crippen LogP contribution in [0.4, 0.5) is 0 Å². The predicted octanol–water partition coefficient (Wildman–Crippen LogP) is 4.33. The molecule has 0 radical (unpaired) electrons. The number of aryl methyl sites for hydroxylation is 3. The molecule has 1 aliphatic rings. The highest BCUT2D eigenvalue weighted by atomic mass is 16.3. The summed E-state index contributed by atoms with van der Waals surface area (Å²) in [7, 11) is 0. The van der Waals surface area contributed by atoms with Gasteiger partial charge < -0.3 is 5.11 Å². The molecule has 0 aromatic heterocycles. The summed E-state index contributed by atoms with van der Waals surface area (Å²) in [6.45, 7) is 4.25.